The maximum atomic E-state index is 5.68. The van der Waals surface area contributed by atoms with Gasteiger partial charge in [-0.1, -0.05) is 10.6 Å². The first kappa shape index (κ1) is 10.9. The fraction of sp³-hybridized carbons (Fsp3) is 0.273. The molecule has 0 saturated carbocycles. The maximum Gasteiger partial charge on any atom is 0.136 e. The number of anilines is 1. The quantitative estimate of drug-likeness (QED) is 0.886. The largest absolute Gasteiger partial charge is 0.487 e. The van der Waals surface area contributed by atoms with Crippen molar-refractivity contribution < 1.29 is 4.74 Å². The molecule has 0 aliphatic carbocycles. The van der Waals surface area contributed by atoms with Gasteiger partial charge in [-0.2, -0.15) is 0 Å². The third-order valence-electron chi connectivity index (χ3n) is 2.16. The van der Waals surface area contributed by atoms with Gasteiger partial charge in [-0.3, -0.25) is 0 Å². The lowest BCUT2D eigenvalue weighted by atomic mass is 10.1. The number of nitrogen functional groups attached to an aromatic ring is 1. The summed E-state index contributed by atoms with van der Waals surface area (Å²) < 4.78 is 9.37. The van der Waals surface area contributed by atoms with Gasteiger partial charge in [0.2, 0.25) is 0 Å². The zero-order chi connectivity index (χ0) is 11.5. The van der Waals surface area contributed by atoms with Crippen molar-refractivity contribution in [3.8, 4) is 5.75 Å². The predicted octanol–water partition coefficient (Wildman–Crippen LogP) is 2.32. The normalized spacial score (nSPS) is 10.4. The van der Waals surface area contributed by atoms with Gasteiger partial charge in [0, 0.05) is 11.5 Å². The molecule has 0 atom stereocenters. The van der Waals surface area contributed by atoms with Crippen LogP contribution in [0.5, 0.6) is 5.75 Å². The molecule has 0 aliphatic heterocycles. The van der Waals surface area contributed by atoms with Gasteiger partial charge in [-0.15, -0.1) is 5.10 Å². The Morgan fingerprint density at radius 2 is 1.94 bits per heavy atom. The smallest absolute Gasteiger partial charge is 0.136 e. The van der Waals surface area contributed by atoms with Crippen LogP contribution in [-0.4, -0.2) is 9.59 Å². The molecule has 4 nitrogen and oxygen atoms in total. The molecule has 2 N–H and O–H groups in total. The van der Waals surface area contributed by atoms with Crippen molar-refractivity contribution in [1.29, 1.82) is 0 Å². The number of hydrogen-bond acceptors (Lipinski definition) is 5. The van der Waals surface area contributed by atoms with Crippen molar-refractivity contribution in [3.05, 3.63) is 35.0 Å². The van der Waals surface area contributed by atoms with Crippen molar-refractivity contribution in [2.75, 3.05) is 5.73 Å². The lowest BCUT2D eigenvalue weighted by Crippen LogP contribution is -1.99. The number of ether oxygens (including phenoxy) is 1. The van der Waals surface area contributed by atoms with Crippen LogP contribution >= 0.6 is 11.5 Å². The maximum absolute atomic E-state index is 5.68. The molecule has 0 saturated heterocycles. The number of rotatable bonds is 3. The van der Waals surface area contributed by atoms with Crippen molar-refractivity contribution in [1.82, 2.24) is 9.59 Å². The topological polar surface area (TPSA) is 61.0 Å². The van der Waals surface area contributed by atoms with Gasteiger partial charge in [0.1, 0.15) is 23.1 Å². The Kier molecular flexibility index (Phi) is 3.05. The fourth-order valence-corrected chi connectivity index (χ4v) is 1.92. The highest BCUT2D eigenvalue weighted by Gasteiger charge is 2.05. The van der Waals surface area contributed by atoms with Crippen molar-refractivity contribution in [2.24, 2.45) is 0 Å². The van der Waals surface area contributed by atoms with E-state index in [1.54, 1.807) is 0 Å². The monoisotopic (exact) mass is 235 g/mol. The van der Waals surface area contributed by atoms with Crippen LogP contribution < -0.4 is 10.5 Å². The zero-order valence-corrected chi connectivity index (χ0v) is 10.0. The molecule has 2 rings (SSSR count). The summed E-state index contributed by atoms with van der Waals surface area (Å²) in [5.41, 5.74) is 8.74. The molecule has 16 heavy (non-hydrogen) atoms. The first-order valence-electron chi connectivity index (χ1n) is 4.93. The molecule has 2 aromatic rings. The van der Waals surface area contributed by atoms with Crippen LogP contribution in [0.2, 0.25) is 0 Å². The molecule has 84 valence electrons. The molecule has 0 fully saturated rings. The highest BCUT2D eigenvalue weighted by molar-refractivity contribution is 7.09. The second kappa shape index (κ2) is 4.49. The summed E-state index contributed by atoms with van der Waals surface area (Å²) in [5, 5.41) is 4.51. The minimum atomic E-state index is 0.366. The summed E-state index contributed by atoms with van der Waals surface area (Å²) in [4.78, 5) is 0. The standard InChI is InChI=1S/C11H13N3OS/c1-7-3-8(2)5-9(4-7)15-6-10-11(12)16-14-13-10/h3-5H,6,12H2,1-2H3. The van der Waals surface area contributed by atoms with Crippen LogP contribution in [0.1, 0.15) is 16.8 Å². The summed E-state index contributed by atoms with van der Waals surface area (Å²) in [5.74, 6) is 0.838. The van der Waals surface area contributed by atoms with Gasteiger partial charge in [-0.25, -0.2) is 0 Å². The minimum Gasteiger partial charge on any atom is -0.487 e. The Morgan fingerprint density at radius 3 is 2.50 bits per heavy atom. The van der Waals surface area contributed by atoms with E-state index >= 15 is 0 Å². The molecule has 1 aromatic heterocycles. The zero-order valence-electron chi connectivity index (χ0n) is 9.23. The first-order chi connectivity index (χ1) is 7.65. The summed E-state index contributed by atoms with van der Waals surface area (Å²) in [6, 6.07) is 6.08. The average molecular weight is 235 g/mol. The van der Waals surface area contributed by atoms with E-state index in [0.717, 1.165) is 5.75 Å². The molecule has 5 heteroatoms. The summed E-state index contributed by atoms with van der Waals surface area (Å²) in [6.45, 7) is 4.45. The Balaban J connectivity index is 2.07. The highest BCUT2D eigenvalue weighted by Crippen LogP contribution is 2.19. The number of nitrogens with zero attached hydrogens (tertiary/aromatic N) is 2. The summed E-state index contributed by atoms with van der Waals surface area (Å²) in [7, 11) is 0. The minimum absolute atomic E-state index is 0.366. The lowest BCUT2D eigenvalue weighted by Gasteiger charge is -2.06. The van der Waals surface area contributed by atoms with Crippen molar-refractivity contribution in [3.63, 3.8) is 0 Å². The molecule has 0 aliphatic rings. The second-order valence-corrected chi connectivity index (χ2v) is 4.48. The van der Waals surface area contributed by atoms with E-state index in [-0.39, 0.29) is 0 Å². The van der Waals surface area contributed by atoms with Gasteiger partial charge in [0.05, 0.1) is 0 Å². The Labute approximate surface area is 98.2 Å². The van der Waals surface area contributed by atoms with Crippen molar-refractivity contribution in [2.45, 2.75) is 20.5 Å². The van der Waals surface area contributed by atoms with Crippen LogP contribution in [0.4, 0.5) is 5.00 Å². The van der Waals surface area contributed by atoms with E-state index in [0.29, 0.717) is 17.3 Å². The van der Waals surface area contributed by atoms with Gasteiger partial charge in [-0.05, 0) is 37.1 Å². The van der Waals surface area contributed by atoms with Crippen LogP contribution in [0, 0.1) is 13.8 Å². The van der Waals surface area contributed by atoms with E-state index in [9.17, 15) is 0 Å². The van der Waals surface area contributed by atoms with Crippen LogP contribution in [0.3, 0.4) is 0 Å². The Hall–Kier alpha value is -1.62. The SMILES string of the molecule is Cc1cc(C)cc(OCc2nnsc2N)c1. The number of benzene rings is 1. The molecular formula is C11H13N3OS. The average Bonchev–Trinajstić information content (AvgIpc) is 2.59. The van der Waals surface area contributed by atoms with Gasteiger partial charge in [0.15, 0.2) is 0 Å². The van der Waals surface area contributed by atoms with Gasteiger partial charge in [0.25, 0.3) is 0 Å². The third kappa shape index (κ3) is 2.49. The lowest BCUT2D eigenvalue weighted by molar-refractivity contribution is 0.301. The summed E-state index contributed by atoms with van der Waals surface area (Å²) in [6.07, 6.45) is 0. The third-order valence-corrected chi connectivity index (χ3v) is 2.75. The molecule has 1 heterocycles. The molecule has 0 bridgehead atoms. The highest BCUT2D eigenvalue weighted by atomic mass is 32.1. The number of nitrogens with two attached hydrogens (primary N) is 1. The van der Waals surface area contributed by atoms with E-state index in [1.807, 2.05) is 26.0 Å². The second-order valence-electron chi connectivity index (χ2n) is 3.70. The molecule has 0 radical (unpaired) electrons. The number of aromatic nitrogens is 2. The van der Waals surface area contributed by atoms with E-state index in [4.69, 9.17) is 10.5 Å². The molecule has 0 spiro atoms. The van der Waals surface area contributed by atoms with E-state index in [1.165, 1.54) is 22.7 Å². The predicted molar refractivity (Wildman–Crippen MR) is 64.6 cm³/mol. The molecule has 0 amide bonds. The van der Waals surface area contributed by atoms with E-state index < -0.39 is 0 Å². The van der Waals surface area contributed by atoms with Gasteiger partial charge < -0.3 is 10.5 Å². The van der Waals surface area contributed by atoms with Crippen LogP contribution in [-0.2, 0) is 6.61 Å². The Bertz CT molecular complexity index is 475. The number of aryl methyl sites for hydroxylation is 2. The first-order valence-corrected chi connectivity index (χ1v) is 5.70. The summed E-state index contributed by atoms with van der Waals surface area (Å²) >= 11 is 1.18. The van der Waals surface area contributed by atoms with Crippen LogP contribution in [0.15, 0.2) is 18.2 Å². The van der Waals surface area contributed by atoms with Crippen molar-refractivity contribution >= 4 is 16.5 Å². The number of hydrogen-bond donors (Lipinski definition) is 1. The Morgan fingerprint density at radius 1 is 1.25 bits per heavy atom. The van der Waals surface area contributed by atoms with E-state index in [2.05, 4.69) is 15.7 Å². The molecule has 0 unspecified atom stereocenters. The molecular weight excluding hydrogens is 222 g/mol. The van der Waals surface area contributed by atoms with Crippen LogP contribution in [0.25, 0.3) is 0 Å². The fourth-order valence-electron chi connectivity index (χ4n) is 1.48. The van der Waals surface area contributed by atoms with Gasteiger partial charge >= 0.3 is 0 Å². The molecule has 1 aromatic carbocycles.